The van der Waals surface area contributed by atoms with E-state index in [0.717, 1.165) is 18.2 Å². The van der Waals surface area contributed by atoms with E-state index in [0.29, 0.717) is 12.8 Å². The maximum Gasteiger partial charge on any atom is 0.407 e. The lowest BCUT2D eigenvalue weighted by molar-refractivity contribution is -0.152. The molecule has 1 saturated carbocycles. The van der Waals surface area contributed by atoms with E-state index in [2.05, 4.69) is 5.32 Å². The van der Waals surface area contributed by atoms with Crippen LogP contribution in [0.25, 0.3) is 0 Å². The molecule has 0 aromatic carbocycles. The molecule has 4 nitrogen and oxygen atoms in total. The van der Waals surface area contributed by atoms with Crippen LogP contribution in [0.3, 0.4) is 0 Å². The summed E-state index contributed by atoms with van der Waals surface area (Å²) < 4.78 is 83.1. The highest BCUT2D eigenvalue weighted by atomic mass is 19.4. The molecule has 30 heavy (non-hydrogen) atoms. The Morgan fingerprint density at radius 3 is 2.33 bits per heavy atom. The van der Waals surface area contributed by atoms with E-state index in [1.807, 2.05) is 11.4 Å². The Morgan fingerprint density at radius 1 is 1.27 bits per heavy atom. The molecule has 0 spiro atoms. The van der Waals surface area contributed by atoms with Gasteiger partial charge >= 0.3 is 6.18 Å². The van der Waals surface area contributed by atoms with Gasteiger partial charge in [-0.1, -0.05) is 32.1 Å². The first-order chi connectivity index (χ1) is 13.8. The first-order valence-electron chi connectivity index (χ1n) is 9.73. The van der Waals surface area contributed by atoms with Gasteiger partial charge in [-0.15, -0.1) is 0 Å². The van der Waals surface area contributed by atoms with Gasteiger partial charge in [-0.2, -0.15) is 18.4 Å². The standard InChI is InChI=1S/C20H25F6N3O/c1-12(2)9-19(22,23)10-15(17(30)29-18(11-27)7-8-18)28-16(20(24,25)26)13-3-5-14(21)6-4-13/h3-5,12,14-16,28H,6-10H2,1-2H3,(H,29,30)/t14?,15-,16-/m0/s1. The van der Waals surface area contributed by atoms with Gasteiger partial charge in [-0.3, -0.25) is 10.1 Å². The van der Waals surface area contributed by atoms with Crippen molar-refractivity contribution in [2.45, 2.75) is 81.8 Å². The van der Waals surface area contributed by atoms with Crippen molar-refractivity contribution < 1.29 is 31.1 Å². The number of nitriles is 1. The topological polar surface area (TPSA) is 64.9 Å². The lowest BCUT2D eigenvalue weighted by atomic mass is 9.95. The predicted molar refractivity (Wildman–Crippen MR) is 98.2 cm³/mol. The molecule has 2 aliphatic carbocycles. The SMILES string of the molecule is CC(C)CC(F)(F)C[C@H](N[C@@H](C1=CCC(F)C=C1)C(F)(F)F)C(=O)NC1(C#N)CC1. The van der Waals surface area contributed by atoms with Crippen LogP contribution in [0.2, 0.25) is 0 Å². The number of amides is 1. The Labute approximate surface area is 171 Å². The smallest absolute Gasteiger partial charge is 0.336 e. The van der Waals surface area contributed by atoms with Crippen LogP contribution in [0.15, 0.2) is 23.8 Å². The van der Waals surface area contributed by atoms with E-state index in [9.17, 15) is 31.1 Å². The minimum Gasteiger partial charge on any atom is -0.336 e. The molecule has 2 rings (SSSR count). The summed E-state index contributed by atoms with van der Waals surface area (Å²) in [7, 11) is 0. The van der Waals surface area contributed by atoms with E-state index < -0.39 is 60.6 Å². The fourth-order valence-electron chi connectivity index (χ4n) is 3.33. The summed E-state index contributed by atoms with van der Waals surface area (Å²) in [4.78, 5) is 12.6. The molecular weight excluding hydrogens is 412 g/mol. The molecule has 0 heterocycles. The normalized spacial score (nSPS) is 22.8. The number of alkyl halides is 6. The molecule has 0 bridgehead atoms. The fraction of sp³-hybridized carbons (Fsp3) is 0.700. The maximum atomic E-state index is 14.4. The molecule has 0 aliphatic heterocycles. The number of nitrogens with one attached hydrogen (secondary N) is 2. The van der Waals surface area contributed by atoms with Crippen LogP contribution in [0.1, 0.15) is 46.0 Å². The zero-order chi connectivity index (χ0) is 22.7. The number of nitrogens with zero attached hydrogens (tertiary/aromatic N) is 1. The van der Waals surface area contributed by atoms with Crippen molar-refractivity contribution in [2.24, 2.45) is 5.92 Å². The molecule has 0 aromatic rings. The molecular formula is C20H25F6N3O. The van der Waals surface area contributed by atoms with Crippen molar-refractivity contribution in [1.29, 1.82) is 5.26 Å². The van der Waals surface area contributed by atoms with Crippen LogP contribution >= 0.6 is 0 Å². The molecule has 1 fully saturated rings. The van der Waals surface area contributed by atoms with E-state index in [1.165, 1.54) is 13.8 Å². The fourth-order valence-corrected chi connectivity index (χ4v) is 3.33. The van der Waals surface area contributed by atoms with Crippen molar-refractivity contribution in [3.05, 3.63) is 23.8 Å². The summed E-state index contributed by atoms with van der Waals surface area (Å²) in [6.45, 7) is 3.07. The maximum absolute atomic E-state index is 14.4. The second-order valence-corrected chi connectivity index (χ2v) is 8.35. The number of allylic oxidation sites excluding steroid dienone is 2. The third-order valence-corrected chi connectivity index (χ3v) is 4.96. The van der Waals surface area contributed by atoms with Crippen molar-refractivity contribution in [2.75, 3.05) is 0 Å². The second-order valence-electron chi connectivity index (χ2n) is 8.35. The van der Waals surface area contributed by atoms with E-state index in [4.69, 9.17) is 5.26 Å². The highest BCUT2D eigenvalue weighted by Gasteiger charge is 2.49. The summed E-state index contributed by atoms with van der Waals surface area (Å²) in [5.74, 6) is -4.93. The van der Waals surface area contributed by atoms with Crippen LogP contribution in [0.5, 0.6) is 0 Å². The van der Waals surface area contributed by atoms with Crippen molar-refractivity contribution in [3.8, 4) is 6.07 Å². The third-order valence-electron chi connectivity index (χ3n) is 4.96. The molecule has 168 valence electrons. The second kappa shape index (κ2) is 9.00. The van der Waals surface area contributed by atoms with Crippen LogP contribution in [0, 0.1) is 17.2 Å². The van der Waals surface area contributed by atoms with Gasteiger partial charge < -0.3 is 5.32 Å². The largest absolute Gasteiger partial charge is 0.407 e. The Bertz CT molecular complexity index is 734. The third kappa shape index (κ3) is 6.76. The molecule has 0 saturated heterocycles. The molecule has 2 N–H and O–H groups in total. The van der Waals surface area contributed by atoms with Gasteiger partial charge in [0.1, 0.15) is 17.8 Å². The number of carbonyl (C=O) groups excluding carboxylic acids is 1. The summed E-state index contributed by atoms with van der Waals surface area (Å²) in [5, 5.41) is 13.4. The van der Waals surface area contributed by atoms with Gasteiger partial charge in [0.05, 0.1) is 12.1 Å². The first-order valence-corrected chi connectivity index (χ1v) is 9.73. The number of hydrogen-bond donors (Lipinski definition) is 2. The monoisotopic (exact) mass is 437 g/mol. The van der Waals surface area contributed by atoms with Crippen molar-refractivity contribution in [3.63, 3.8) is 0 Å². The van der Waals surface area contributed by atoms with Crippen LogP contribution < -0.4 is 10.6 Å². The molecule has 1 unspecified atom stereocenters. The van der Waals surface area contributed by atoms with Gasteiger partial charge in [-0.25, -0.2) is 13.2 Å². The lowest BCUT2D eigenvalue weighted by Crippen LogP contribution is -2.57. The zero-order valence-electron chi connectivity index (χ0n) is 16.7. The zero-order valence-corrected chi connectivity index (χ0v) is 16.7. The van der Waals surface area contributed by atoms with Gasteiger partial charge in [0.15, 0.2) is 0 Å². The van der Waals surface area contributed by atoms with Gasteiger partial charge in [-0.05, 0) is 24.3 Å². The van der Waals surface area contributed by atoms with Gasteiger partial charge in [0.2, 0.25) is 11.8 Å². The molecule has 3 atom stereocenters. The predicted octanol–water partition coefficient (Wildman–Crippen LogP) is 4.34. The summed E-state index contributed by atoms with van der Waals surface area (Å²) in [6.07, 6.45) is -4.84. The molecule has 1 amide bonds. The quantitative estimate of drug-likeness (QED) is 0.528. The molecule has 0 aromatic heterocycles. The Morgan fingerprint density at radius 2 is 1.90 bits per heavy atom. The molecule has 2 aliphatic rings. The van der Waals surface area contributed by atoms with Crippen LogP contribution in [-0.2, 0) is 4.79 Å². The van der Waals surface area contributed by atoms with Gasteiger partial charge in [0.25, 0.3) is 0 Å². The van der Waals surface area contributed by atoms with Crippen molar-refractivity contribution in [1.82, 2.24) is 10.6 Å². The average molecular weight is 437 g/mol. The van der Waals surface area contributed by atoms with Crippen LogP contribution in [0.4, 0.5) is 26.3 Å². The van der Waals surface area contributed by atoms with E-state index in [-0.39, 0.29) is 12.0 Å². The molecule has 10 heteroatoms. The minimum absolute atomic E-state index is 0.280. The average Bonchev–Trinajstić information content (AvgIpc) is 3.37. The minimum atomic E-state index is -4.91. The van der Waals surface area contributed by atoms with Crippen molar-refractivity contribution >= 4 is 5.91 Å². The van der Waals surface area contributed by atoms with Crippen LogP contribution in [-0.4, -0.2) is 41.8 Å². The summed E-state index contributed by atoms with van der Waals surface area (Å²) >= 11 is 0. The first kappa shape index (κ1) is 24.3. The molecule has 0 radical (unpaired) electrons. The highest BCUT2D eigenvalue weighted by molar-refractivity contribution is 5.83. The number of hydrogen-bond acceptors (Lipinski definition) is 3. The number of carbonyl (C=O) groups is 1. The number of rotatable bonds is 9. The lowest BCUT2D eigenvalue weighted by Gasteiger charge is -2.31. The number of halogens is 6. The van der Waals surface area contributed by atoms with E-state index >= 15 is 0 Å². The Hall–Kier alpha value is -2.02. The highest BCUT2D eigenvalue weighted by Crippen LogP contribution is 2.36. The Kier molecular flexibility index (Phi) is 7.28. The summed E-state index contributed by atoms with van der Waals surface area (Å²) in [6, 6.07) is -2.47. The summed E-state index contributed by atoms with van der Waals surface area (Å²) in [5.41, 5.74) is -1.56. The van der Waals surface area contributed by atoms with E-state index in [1.54, 1.807) is 0 Å². The Balaban J connectivity index is 2.28. The van der Waals surface area contributed by atoms with Gasteiger partial charge in [0, 0.05) is 19.3 Å².